The number of carboxylic acids is 1. The molecule has 114 valence electrons. The standard InChI is InChI=1S/C15H25NO4/c1-3-5-7-12(13(17)18)16-14(19)15(8-6-9-15)10-11-20-4-2/h3,5,12H,4,6-11H2,1-2H3,(H,16,19)(H,17,18)/b5-3+. The van der Waals surface area contributed by atoms with Gasteiger partial charge in [-0.25, -0.2) is 4.79 Å². The largest absolute Gasteiger partial charge is 0.480 e. The summed E-state index contributed by atoms with van der Waals surface area (Å²) in [5.41, 5.74) is -0.418. The predicted octanol–water partition coefficient (Wildman–Crippen LogP) is 2.12. The fourth-order valence-electron chi connectivity index (χ4n) is 2.41. The molecule has 1 fully saturated rings. The van der Waals surface area contributed by atoms with Crippen molar-refractivity contribution in [2.45, 2.75) is 52.0 Å². The van der Waals surface area contributed by atoms with E-state index in [0.717, 1.165) is 19.3 Å². The fraction of sp³-hybridized carbons (Fsp3) is 0.733. The predicted molar refractivity (Wildman–Crippen MR) is 76.4 cm³/mol. The number of aliphatic carboxylic acids is 1. The van der Waals surface area contributed by atoms with Gasteiger partial charge in [-0.2, -0.15) is 0 Å². The first-order valence-electron chi connectivity index (χ1n) is 7.28. The summed E-state index contributed by atoms with van der Waals surface area (Å²) in [5.74, 6) is -1.13. The molecule has 0 heterocycles. The number of nitrogens with one attached hydrogen (secondary N) is 1. The Morgan fingerprint density at radius 1 is 1.45 bits per heavy atom. The molecule has 0 spiro atoms. The van der Waals surface area contributed by atoms with E-state index < -0.39 is 17.4 Å². The average Bonchev–Trinajstić information content (AvgIpc) is 2.37. The van der Waals surface area contributed by atoms with Crippen LogP contribution in [0.5, 0.6) is 0 Å². The monoisotopic (exact) mass is 283 g/mol. The molecule has 1 saturated carbocycles. The minimum atomic E-state index is -0.990. The highest BCUT2D eigenvalue weighted by Crippen LogP contribution is 2.44. The Morgan fingerprint density at radius 2 is 2.15 bits per heavy atom. The zero-order valence-electron chi connectivity index (χ0n) is 12.4. The second-order valence-electron chi connectivity index (χ2n) is 5.25. The molecule has 1 atom stereocenters. The first-order valence-corrected chi connectivity index (χ1v) is 7.28. The van der Waals surface area contributed by atoms with Crippen molar-refractivity contribution in [3.05, 3.63) is 12.2 Å². The molecule has 0 aromatic heterocycles. The number of amides is 1. The first kappa shape index (κ1) is 16.7. The lowest BCUT2D eigenvalue weighted by atomic mass is 9.66. The molecule has 1 aliphatic rings. The molecule has 0 radical (unpaired) electrons. The third-order valence-electron chi connectivity index (χ3n) is 3.93. The van der Waals surface area contributed by atoms with Crippen LogP contribution in [0.15, 0.2) is 12.2 Å². The summed E-state index contributed by atoms with van der Waals surface area (Å²) >= 11 is 0. The van der Waals surface area contributed by atoms with Crippen LogP contribution in [0.4, 0.5) is 0 Å². The minimum absolute atomic E-state index is 0.139. The summed E-state index contributed by atoms with van der Waals surface area (Å²) in [6.45, 7) is 4.94. The van der Waals surface area contributed by atoms with Gasteiger partial charge in [0.25, 0.3) is 0 Å². The van der Waals surface area contributed by atoms with Crippen LogP contribution in [0.1, 0.15) is 46.0 Å². The molecule has 0 aliphatic heterocycles. The Bertz CT molecular complexity index is 361. The van der Waals surface area contributed by atoms with Crippen molar-refractivity contribution >= 4 is 11.9 Å². The summed E-state index contributed by atoms with van der Waals surface area (Å²) in [7, 11) is 0. The Labute approximate surface area is 120 Å². The first-order chi connectivity index (χ1) is 9.55. The van der Waals surface area contributed by atoms with Gasteiger partial charge >= 0.3 is 5.97 Å². The Kier molecular flexibility index (Phi) is 6.71. The van der Waals surface area contributed by atoms with Crippen molar-refractivity contribution in [2.75, 3.05) is 13.2 Å². The van der Waals surface area contributed by atoms with Crippen LogP contribution in [-0.2, 0) is 14.3 Å². The van der Waals surface area contributed by atoms with E-state index in [-0.39, 0.29) is 5.91 Å². The number of carboxylic acid groups (broad SMARTS) is 1. The Morgan fingerprint density at radius 3 is 2.60 bits per heavy atom. The van der Waals surface area contributed by atoms with E-state index in [4.69, 9.17) is 9.84 Å². The SMILES string of the molecule is C/C=C/CC(NC(=O)C1(CCOCC)CCC1)C(=O)O. The fourth-order valence-corrected chi connectivity index (χ4v) is 2.41. The molecule has 1 rings (SSSR count). The van der Waals surface area contributed by atoms with Gasteiger partial charge in [0.2, 0.25) is 5.91 Å². The van der Waals surface area contributed by atoms with Crippen LogP contribution in [0.2, 0.25) is 0 Å². The number of ether oxygens (including phenoxy) is 1. The summed E-state index contributed by atoms with van der Waals surface area (Å²) < 4.78 is 5.32. The van der Waals surface area contributed by atoms with Crippen LogP contribution in [0, 0.1) is 5.41 Å². The topological polar surface area (TPSA) is 75.6 Å². The Balaban J connectivity index is 2.58. The molecule has 1 unspecified atom stereocenters. The number of rotatable bonds is 9. The zero-order chi connectivity index (χ0) is 15.0. The van der Waals surface area contributed by atoms with Gasteiger partial charge in [-0.3, -0.25) is 4.79 Å². The summed E-state index contributed by atoms with van der Waals surface area (Å²) in [5, 5.41) is 11.8. The van der Waals surface area contributed by atoms with Gasteiger partial charge in [0.05, 0.1) is 5.41 Å². The van der Waals surface area contributed by atoms with Crippen LogP contribution in [-0.4, -0.2) is 36.2 Å². The van der Waals surface area contributed by atoms with E-state index in [1.807, 2.05) is 13.8 Å². The van der Waals surface area contributed by atoms with Crippen LogP contribution >= 0.6 is 0 Å². The molecular formula is C15H25NO4. The summed E-state index contributed by atoms with van der Waals surface area (Å²) in [6, 6.07) is -0.844. The number of allylic oxidation sites excluding steroid dienone is 1. The molecule has 1 aliphatic carbocycles. The zero-order valence-corrected chi connectivity index (χ0v) is 12.4. The van der Waals surface area contributed by atoms with Crippen molar-refractivity contribution in [2.24, 2.45) is 5.41 Å². The molecule has 0 aromatic carbocycles. The number of carbonyl (C=O) groups is 2. The molecule has 1 amide bonds. The normalized spacial score (nSPS) is 18.5. The maximum Gasteiger partial charge on any atom is 0.326 e. The van der Waals surface area contributed by atoms with Gasteiger partial charge in [-0.05, 0) is 39.5 Å². The number of hydrogen-bond donors (Lipinski definition) is 2. The van der Waals surface area contributed by atoms with Gasteiger partial charge < -0.3 is 15.2 Å². The highest BCUT2D eigenvalue weighted by Gasteiger charge is 2.44. The smallest absolute Gasteiger partial charge is 0.326 e. The number of carbonyl (C=O) groups excluding carboxylic acids is 1. The van der Waals surface area contributed by atoms with E-state index in [0.29, 0.717) is 26.1 Å². The summed E-state index contributed by atoms with van der Waals surface area (Å²) in [4.78, 5) is 23.5. The highest BCUT2D eigenvalue weighted by atomic mass is 16.5. The van der Waals surface area contributed by atoms with Crippen LogP contribution in [0.3, 0.4) is 0 Å². The second-order valence-corrected chi connectivity index (χ2v) is 5.25. The lowest BCUT2D eigenvalue weighted by Gasteiger charge is -2.40. The average molecular weight is 283 g/mol. The lowest BCUT2D eigenvalue weighted by molar-refractivity contribution is -0.146. The lowest BCUT2D eigenvalue weighted by Crippen LogP contribution is -2.51. The van der Waals surface area contributed by atoms with Crippen molar-refractivity contribution < 1.29 is 19.4 Å². The Hall–Kier alpha value is -1.36. The van der Waals surface area contributed by atoms with Crippen LogP contribution < -0.4 is 5.32 Å². The van der Waals surface area contributed by atoms with Crippen molar-refractivity contribution in [3.8, 4) is 0 Å². The molecule has 0 saturated heterocycles. The van der Waals surface area contributed by atoms with Crippen molar-refractivity contribution in [1.82, 2.24) is 5.32 Å². The maximum atomic E-state index is 12.4. The molecule has 0 aromatic rings. The van der Waals surface area contributed by atoms with E-state index in [2.05, 4.69) is 5.32 Å². The molecule has 2 N–H and O–H groups in total. The van der Waals surface area contributed by atoms with Gasteiger partial charge in [0.15, 0.2) is 0 Å². The van der Waals surface area contributed by atoms with E-state index in [1.54, 1.807) is 12.2 Å². The van der Waals surface area contributed by atoms with Gasteiger partial charge in [-0.1, -0.05) is 18.6 Å². The van der Waals surface area contributed by atoms with E-state index in [9.17, 15) is 9.59 Å². The van der Waals surface area contributed by atoms with Gasteiger partial charge in [0, 0.05) is 13.2 Å². The van der Waals surface area contributed by atoms with E-state index in [1.165, 1.54) is 0 Å². The van der Waals surface area contributed by atoms with Crippen molar-refractivity contribution in [3.63, 3.8) is 0 Å². The van der Waals surface area contributed by atoms with Gasteiger partial charge in [0.1, 0.15) is 6.04 Å². The van der Waals surface area contributed by atoms with Crippen molar-refractivity contribution in [1.29, 1.82) is 0 Å². The molecule has 5 nitrogen and oxygen atoms in total. The highest BCUT2D eigenvalue weighted by molar-refractivity contribution is 5.88. The van der Waals surface area contributed by atoms with Gasteiger partial charge in [-0.15, -0.1) is 0 Å². The second kappa shape index (κ2) is 8.04. The minimum Gasteiger partial charge on any atom is -0.480 e. The van der Waals surface area contributed by atoms with E-state index >= 15 is 0 Å². The summed E-state index contributed by atoms with van der Waals surface area (Å²) in [6.07, 6.45) is 7.20. The molecule has 0 bridgehead atoms. The third kappa shape index (κ3) is 4.34. The number of hydrogen-bond acceptors (Lipinski definition) is 3. The maximum absolute atomic E-state index is 12.4. The molecule has 5 heteroatoms. The third-order valence-corrected chi connectivity index (χ3v) is 3.93. The quantitative estimate of drug-likeness (QED) is 0.502. The van der Waals surface area contributed by atoms with Crippen LogP contribution in [0.25, 0.3) is 0 Å². The molecule has 20 heavy (non-hydrogen) atoms. The molecular weight excluding hydrogens is 258 g/mol.